The molecule has 1 aliphatic heterocycles. The maximum absolute atomic E-state index is 12.0. The van der Waals surface area contributed by atoms with Crippen LogP contribution in [-0.2, 0) is 13.0 Å². The molecule has 0 saturated heterocycles. The number of H-pyrrole nitrogens is 1. The van der Waals surface area contributed by atoms with Gasteiger partial charge >= 0.3 is 5.69 Å². The largest absolute Gasteiger partial charge is 0.329 e. The van der Waals surface area contributed by atoms with Crippen LogP contribution < -0.4 is 11.2 Å². The van der Waals surface area contributed by atoms with Crippen molar-refractivity contribution in [3.05, 3.63) is 26.4 Å². The standard InChI is InChI=1S/C13H16ClN3O2/c14-10-6-9-11(15-10)17(13(19)16-12(9)18)7-8-4-2-1-3-5-8/h8H,1-7H2,(H,16,18,19). The number of aromatic amines is 1. The third-order valence-corrected chi connectivity index (χ3v) is 4.20. The van der Waals surface area contributed by atoms with Crippen molar-refractivity contribution in [3.8, 4) is 0 Å². The zero-order chi connectivity index (χ0) is 13.4. The normalized spacial score (nSPS) is 19.3. The van der Waals surface area contributed by atoms with Gasteiger partial charge in [-0.3, -0.25) is 14.3 Å². The molecular formula is C13H16ClN3O2. The predicted octanol–water partition coefficient (Wildman–Crippen LogP) is 1.94. The Morgan fingerprint density at radius 2 is 2.00 bits per heavy atom. The van der Waals surface area contributed by atoms with E-state index in [4.69, 9.17) is 11.6 Å². The minimum absolute atomic E-state index is 0.331. The maximum atomic E-state index is 12.0. The van der Waals surface area contributed by atoms with E-state index in [1.165, 1.54) is 19.3 Å². The summed E-state index contributed by atoms with van der Waals surface area (Å²) in [5, 5.41) is 0.378. The molecule has 19 heavy (non-hydrogen) atoms. The van der Waals surface area contributed by atoms with Crippen LogP contribution in [0.1, 0.15) is 37.7 Å². The summed E-state index contributed by atoms with van der Waals surface area (Å²) >= 11 is 5.90. The highest BCUT2D eigenvalue weighted by molar-refractivity contribution is 6.66. The van der Waals surface area contributed by atoms with E-state index < -0.39 is 0 Å². The van der Waals surface area contributed by atoms with Crippen molar-refractivity contribution in [1.29, 1.82) is 0 Å². The van der Waals surface area contributed by atoms with Crippen molar-refractivity contribution >= 4 is 22.6 Å². The lowest BCUT2D eigenvalue weighted by Gasteiger charge is -2.22. The molecule has 102 valence electrons. The molecule has 1 aromatic heterocycles. The van der Waals surface area contributed by atoms with E-state index in [1.807, 2.05) is 0 Å². The molecule has 0 unspecified atom stereocenters. The van der Waals surface area contributed by atoms with Crippen molar-refractivity contribution in [2.24, 2.45) is 10.9 Å². The average Bonchev–Trinajstić information content (AvgIpc) is 2.78. The molecule has 0 radical (unpaired) electrons. The minimum Gasteiger partial charge on any atom is -0.277 e. The predicted molar refractivity (Wildman–Crippen MR) is 74.5 cm³/mol. The Hall–Kier alpha value is -1.36. The molecule has 0 atom stereocenters. The average molecular weight is 282 g/mol. The Balaban J connectivity index is 1.99. The number of rotatable bonds is 2. The van der Waals surface area contributed by atoms with Gasteiger partial charge in [0.25, 0.3) is 5.56 Å². The summed E-state index contributed by atoms with van der Waals surface area (Å²) in [6.07, 6.45) is 6.32. The van der Waals surface area contributed by atoms with Gasteiger partial charge in [-0.15, -0.1) is 0 Å². The fourth-order valence-corrected chi connectivity index (χ4v) is 3.20. The van der Waals surface area contributed by atoms with Crippen LogP contribution in [0.25, 0.3) is 0 Å². The van der Waals surface area contributed by atoms with Crippen LogP contribution in [0.5, 0.6) is 0 Å². The van der Waals surface area contributed by atoms with E-state index in [0.29, 0.717) is 35.4 Å². The highest BCUT2D eigenvalue weighted by Gasteiger charge is 2.23. The molecule has 0 amide bonds. The van der Waals surface area contributed by atoms with E-state index in [1.54, 1.807) is 4.57 Å². The molecule has 1 aliphatic carbocycles. The molecule has 5 nitrogen and oxygen atoms in total. The van der Waals surface area contributed by atoms with Gasteiger partial charge in [0.05, 0.1) is 5.56 Å². The van der Waals surface area contributed by atoms with E-state index in [9.17, 15) is 9.59 Å². The summed E-state index contributed by atoms with van der Waals surface area (Å²) in [5.74, 6) is 0.959. The summed E-state index contributed by atoms with van der Waals surface area (Å²) in [5.41, 5.74) is -0.218. The quantitative estimate of drug-likeness (QED) is 0.900. The molecule has 1 saturated carbocycles. The topological polar surface area (TPSA) is 67.2 Å². The van der Waals surface area contributed by atoms with E-state index in [2.05, 4.69) is 9.98 Å². The molecular weight excluding hydrogens is 266 g/mol. The second kappa shape index (κ2) is 4.96. The molecule has 1 aromatic rings. The maximum Gasteiger partial charge on any atom is 0.329 e. The van der Waals surface area contributed by atoms with E-state index in [0.717, 1.165) is 12.8 Å². The third kappa shape index (κ3) is 2.39. The monoisotopic (exact) mass is 281 g/mol. The number of nitrogens with zero attached hydrogens (tertiary/aromatic N) is 2. The zero-order valence-corrected chi connectivity index (χ0v) is 11.4. The summed E-state index contributed by atoms with van der Waals surface area (Å²) in [6, 6.07) is 0. The van der Waals surface area contributed by atoms with Gasteiger partial charge in [-0.1, -0.05) is 30.9 Å². The fraction of sp³-hybridized carbons (Fsp3) is 0.615. The summed E-state index contributed by atoms with van der Waals surface area (Å²) in [4.78, 5) is 30.2. The Bertz CT molecular complexity index is 638. The Kier molecular flexibility index (Phi) is 3.31. The first-order chi connectivity index (χ1) is 9.15. The lowest BCUT2D eigenvalue weighted by Crippen LogP contribution is -2.33. The summed E-state index contributed by atoms with van der Waals surface area (Å²) < 4.78 is 1.59. The van der Waals surface area contributed by atoms with Crippen LogP contribution >= 0.6 is 11.6 Å². The number of nitrogens with one attached hydrogen (secondary N) is 1. The lowest BCUT2D eigenvalue weighted by molar-refractivity contribution is 0.315. The van der Waals surface area contributed by atoms with Gasteiger partial charge in [-0.05, 0) is 18.8 Å². The first-order valence-electron chi connectivity index (χ1n) is 6.74. The second-order valence-corrected chi connectivity index (χ2v) is 5.78. The number of aromatic nitrogens is 2. The number of halogens is 1. The Labute approximate surface area is 115 Å². The van der Waals surface area contributed by atoms with Gasteiger partial charge in [-0.25, -0.2) is 9.79 Å². The van der Waals surface area contributed by atoms with Crippen molar-refractivity contribution in [1.82, 2.24) is 9.55 Å². The Morgan fingerprint density at radius 3 is 2.74 bits per heavy atom. The van der Waals surface area contributed by atoms with Gasteiger partial charge in [0.15, 0.2) is 0 Å². The van der Waals surface area contributed by atoms with Gasteiger partial charge in [0.2, 0.25) is 0 Å². The van der Waals surface area contributed by atoms with Crippen LogP contribution in [0, 0.1) is 5.92 Å². The summed E-state index contributed by atoms with van der Waals surface area (Å²) in [6.45, 7) is 0.631. The van der Waals surface area contributed by atoms with Crippen LogP contribution in [0.3, 0.4) is 0 Å². The molecule has 1 fully saturated rings. The molecule has 6 heteroatoms. The SMILES string of the molecule is O=c1[nH]c(=O)n(CC2CCCCC2)c2c1CC(Cl)=N2. The molecule has 0 bridgehead atoms. The number of aliphatic imine (C=N–C) groups is 1. The number of hydrogen-bond donors (Lipinski definition) is 1. The van der Waals surface area contributed by atoms with Crippen molar-refractivity contribution in [2.45, 2.75) is 45.1 Å². The van der Waals surface area contributed by atoms with Crippen molar-refractivity contribution < 1.29 is 0 Å². The first-order valence-corrected chi connectivity index (χ1v) is 7.12. The van der Waals surface area contributed by atoms with Crippen molar-refractivity contribution in [2.75, 3.05) is 0 Å². The lowest BCUT2D eigenvalue weighted by atomic mass is 9.89. The van der Waals surface area contributed by atoms with E-state index in [-0.39, 0.29) is 11.2 Å². The number of hydrogen-bond acceptors (Lipinski definition) is 3. The highest BCUT2D eigenvalue weighted by Crippen LogP contribution is 2.28. The van der Waals surface area contributed by atoms with E-state index >= 15 is 0 Å². The Morgan fingerprint density at radius 1 is 1.26 bits per heavy atom. The molecule has 0 spiro atoms. The summed E-state index contributed by atoms with van der Waals surface area (Å²) in [7, 11) is 0. The van der Waals surface area contributed by atoms with Gasteiger partial charge in [0.1, 0.15) is 11.0 Å². The van der Waals surface area contributed by atoms with Gasteiger partial charge < -0.3 is 0 Å². The smallest absolute Gasteiger partial charge is 0.277 e. The zero-order valence-electron chi connectivity index (χ0n) is 10.6. The molecule has 3 rings (SSSR count). The fourth-order valence-electron chi connectivity index (χ4n) is 2.99. The van der Waals surface area contributed by atoms with Crippen molar-refractivity contribution in [3.63, 3.8) is 0 Å². The van der Waals surface area contributed by atoms with Crippen LogP contribution in [-0.4, -0.2) is 14.7 Å². The van der Waals surface area contributed by atoms with Crippen LogP contribution in [0.4, 0.5) is 5.82 Å². The van der Waals surface area contributed by atoms with Gasteiger partial charge in [-0.2, -0.15) is 0 Å². The van der Waals surface area contributed by atoms with Crippen LogP contribution in [0.15, 0.2) is 14.6 Å². The molecule has 2 aliphatic rings. The minimum atomic E-state index is -0.371. The highest BCUT2D eigenvalue weighted by atomic mass is 35.5. The number of fused-ring (bicyclic) bond motifs is 1. The van der Waals surface area contributed by atoms with Crippen LogP contribution in [0.2, 0.25) is 0 Å². The first kappa shape index (κ1) is 12.7. The molecule has 0 aromatic carbocycles. The third-order valence-electron chi connectivity index (χ3n) is 3.98. The second-order valence-electron chi connectivity index (χ2n) is 5.34. The molecule has 1 N–H and O–H groups in total. The van der Waals surface area contributed by atoms with Gasteiger partial charge in [0, 0.05) is 13.0 Å². The molecule has 2 heterocycles.